The maximum absolute atomic E-state index is 13.1. The average Bonchev–Trinajstić information content (AvgIpc) is 3.13. The molecule has 0 aliphatic carbocycles. The first-order valence-electron chi connectivity index (χ1n) is 9.80. The van der Waals surface area contributed by atoms with Gasteiger partial charge in [-0.3, -0.25) is 0 Å². The van der Waals surface area contributed by atoms with E-state index >= 15 is 0 Å². The van der Waals surface area contributed by atoms with Crippen LogP contribution in [0.2, 0.25) is 0 Å². The van der Waals surface area contributed by atoms with Gasteiger partial charge in [0.2, 0.25) is 0 Å². The van der Waals surface area contributed by atoms with E-state index in [1.165, 1.54) is 12.1 Å². The Morgan fingerprint density at radius 2 is 1.71 bits per heavy atom. The van der Waals surface area contributed by atoms with E-state index in [9.17, 15) is 9.18 Å². The summed E-state index contributed by atoms with van der Waals surface area (Å²) in [6, 6.07) is 15.6. The van der Waals surface area contributed by atoms with Crippen LogP contribution in [-0.2, 0) is 13.2 Å². The van der Waals surface area contributed by atoms with Gasteiger partial charge < -0.3 is 24.8 Å². The van der Waals surface area contributed by atoms with Crippen molar-refractivity contribution in [1.82, 2.24) is 9.97 Å². The molecular weight excluding hydrogens is 465 g/mol. The van der Waals surface area contributed by atoms with Crippen molar-refractivity contribution in [3.63, 3.8) is 0 Å². The molecule has 0 unspecified atom stereocenters. The molecule has 6 nitrogen and oxygen atoms in total. The Morgan fingerprint density at radius 1 is 0.968 bits per heavy atom. The predicted molar refractivity (Wildman–Crippen MR) is 122 cm³/mol. The van der Waals surface area contributed by atoms with Crippen LogP contribution in [0.3, 0.4) is 0 Å². The molecule has 31 heavy (non-hydrogen) atoms. The third-order valence-corrected chi connectivity index (χ3v) is 5.46. The lowest BCUT2D eigenvalue weighted by Gasteiger charge is -2.16. The van der Waals surface area contributed by atoms with E-state index in [1.807, 2.05) is 37.3 Å². The van der Waals surface area contributed by atoms with Gasteiger partial charge in [-0.1, -0.05) is 28.1 Å². The first-order valence-corrected chi connectivity index (χ1v) is 10.6. The molecule has 3 N–H and O–H groups in total. The lowest BCUT2D eigenvalue weighted by atomic mass is 10.2. The summed E-state index contributed by atoms with van der Waals surface area (Å²) in [5.74, 6) is 0.962. The van der Waals surface area contributed by atoms with Crippen LogP contribution in [0.25, 0.3) is 11.0 Å². The fourth-order valence-corrected chi connectivity index (χ4v) is 3.64. The molecule has 0 saturated carbocycles. The Labute approximate surface area is 186 Å². The van der Waals surface area contributed by atoms with Crippen molar-refractivity contribution in [1.29, 1.82) is 0 Å². The van der Waals surface area contributed by atoms with Crippen molar-refractivity contribution in [3.8, 4) is 11.5 Å². The van der Waals surface area contributed by atoms with E-state index in [2.05, 4.69) is 31.2 Å². The number of aromatic amines is 2. The zero-order chi connectivity index (χ0) is 21.8. The zero-order valence-electron chi connectivity index (χ0n) is 16.8. The van der Waals surface area contributed by atoms with Gasteiger partial charge in [0.15, 0.2) is 11.5 Å². The minimum absolute atomic E-state index is 0.229. The van der Waals surface area contributed by atoms with Gasteiger partial charge in [-0.15, -0.1) is 0 Å². The molecule has 0 aliphatic rings. The molecule has 0 aliphatic heterocycles. The number of ether oxygens (including phenoxy) is 2. The monoisotopic (exact) mass is 485 g/mol. The molecule has 4 aromatic rings. The lowest BCUT2D eigenvalue weighted by molar-refractivity contribution is 0.269. The largest absolute Gasteiger partial charge is 0.490 e. The third kappa shape index (κ3) is 5.08. The van der Waals surface area contributed by atoms with Gasteiger partial charge in [-0.2, -0.15) is 0 Å². The molecule has 160 valence electrons. The molecule has 0 atom stereocenters. The van der Waals surface area contributed by atoms with Gasteiger partial charge in [0.05, 0.1) is 17.6 Å². The summed E-state index contributed by atoms with van der Waals surface area (Å²) in [5.41, 5.74) is 4.01. The first-order chi connectivity index (χ1) is 15.0. The summed E-state index contributed by atoms with van der Waals surface area (Å²) in [6.45, 7) is 3.26. The van der Waals surface area contributed by atoms with Gasteiger partial charge >= 0.3 is 5.69 Å². The number of fused-ring (bicyclic) bond motifs is 1. The van der Waals surface area contributed by atoms with Crippen LogP contribution >= 0.6 is 15.9 Å². The minimum Gasteiger partial charge on any atom is -0.490 e. The van der Waals surface area contributed by atoms with Crippen molar-refractivity contribution in [3.05, 3.63) is 86.5 Å². The number of hydrogen-bond acceptors (Lipinski definition) is 4. The van der Waals surface area contributed by atoms with Gasteiger partial charge in [-0.05, 0) is 60.5 Å². The van der Waals surface area contributed by atoms with Crippen molar-refractivity contribution in [2.75, 3.05) is 11.9 Å². The molecular formula is C23H21BrFN3O3. The molecule has 0 radical (unpaired) electrons. The molecule has 4 rings (SSSR count). The van der Waals surface area contributed by atoms with Crippen LogP contribution in [0.4, 0.5) is 10.1 Å². The smallest absolute Gasteiger partial charge is 0.323 e. The van der Waals surface area contributed by atoms with Gasteiger partial charge in [0, 0.05) is 16.7 Å². The summed E-state index contributed by atoms with van der Waals surface area (Å²) in [6.07, 6.45) is 0. The second-order valence-electron chi connectivity index (χ2n) is 6.93. The second-order valence-corrected chi connectivity index (χ2v) is 7.79. The molecule has 8 heteroatoms. The number of benzene rings is 3. The predicted octanol–water partition coefficient (Wildman–Crippen LogP) is 5.35. The molecule has 3 aromatic carbocycles. The molecule has 1 heterocycles. The van der Waals surface area contributed by atoms with Crippen molar-refractivity contribution < 1.29 is 13.9 Å². The molecule has 0 spiro atoms. The Kier molecular flexibility index (Phi) is 6.27. The SMILES string of the molecule is CCOc1cc(CNc2ccc3[nH]c(=O)[nH]c3c2)c(Br)cc1OCc1ccc(F)cc1. The topological polar surface area (TPSA) is 79.1 Å². The first kappa shape index (κ1) is 21.0. The fourth-order valence-electron chi connectivity index (χ4n) is 3.18. The maximum Gasteiger partial charge on any atom is 0.323 e. The quantitative estimate of drug-likeness (QED) is 0.314. The number of rotatable bonds is 8. The van der Waals surface area contributed by atoms with Crippen LogP contribution < -0.4 is 20.5 Å². The van der Waals surface area contributed by atoms with Crippen molar-refractivity contribution >= 4 is 32.7 Å². The van der Waals surface area contributed by atoms with Crippen LogP contribution in [-0.4, -0.2) is 16.6 Å². The Bertz CT molecular complexity index is 1250. The number of nitrogens with one attached hydrogen (secondary N) is 3. The number of hydrogen-bond donors (Lipinski definition) is 3. The third-order valence-electron chi connectivity index (χ3n) is 4.72. The number of aromatic nitrogens is 2. The minimum atomic E-state index is -0.277. The van der Waals surface area contributed by atoms with Gasteiger partial charge in [-0.25, -0.2) is 9.18 Å². The Hall–Kier alpha value is -3.26. The summed E-state index contributed by atoms with van der Waals surface area (Å²) < 4.78 is 25.7. The van der Waals surface area contributed by atoms with E-state index < -0.39 is 0 Å². The fraction of sp³-hybridized carbons (Fsp3) is 0.174. The molecule has 0 fully saturated rings. The summed E-state index contributed by atoms with van der Waals surface area (Å²) in [5, 5.41) is 3.36. The van der Waals surface area contributed by atoms with Crippen molar-refractivity contribution in [2.24, 2.45) is 0 Å². The van der Waals surface area contributed by atoms with E-state index in [-0.39, 0.29) is 11.5 Å². The number of H-pyrrole nitrogens is 2. The van der Waals surface area contributed by atoms with Crippen LogP contribution in [0.1, 0.15) is 18.1 Å². The highest BCUT2D eigenvalue weighted by Crippen LogP contribution is 2.35. The van der Waals surface area contributed by atoms with E-state index in [1.54, 1.807) is 12.1 Å². The van der Waals surface area contributed by atoms with E-state index in [4.69, 9.17) is 9.47 Å². The summed E-state index contributed by atoms with van der Waals surface area (Å²) in [4.78, 5) is 16.9. The van der Waals surface area contributed by atoms with E-state index in [0.717, 1.165) is 32.3 Å². The molecule has 0 saturated heterocycles. The van der Waals surface area contributed by atoms with Crippen molar-refractivity contribution in [2.45, 2.75) is 20.1 Å². The highest BCUT2D eigenvalue weighted by molar-refractivity contribution is 9.10. The number of halogens is 2. The average molecular weight is 486 g/mol. The Morgan fingerprint density at radius 3 is 2.48 bits per heavy atom. The molecule has 0 bridgehead atoms. The number of imidazole rings is 1. The lowest BCUT2D eigenvalue weighted by Crippen LogP contribution is -2.04. The van der Waals surface area contributed by atoms with Crippen LogP contribution in [0, 0.1) is 5.82 Å². The number of anilines is 1. The van der Waals surface area contributed by atoms with Gasteiger partial charge in [0.1, 0.15) is 12.4 Å². The standard InChI is InChI=1S/C23H21BrFN3O3/c1-2-30-21-9-15(12-26-17-7-8-19-20(10-17)28-23(29)27-19)18(24)11-22(21)31-13-14-3-5-16(25)6-4-14/h3-11,26H,2,12-13H2,1H3,(H2,27,28,29). The Balaban J connectivity index is 1.49. The molecule has 1 aromatic heterocycles. The van der Waals surface area contributed by atoms with E-state index in [0.29, 0.717) is 31.3 Å². The second kappa shape index (κ2) is 9.26. The normalized spacial score (nSPS) is 10.9. The van der Waals surface area contributed by atoms with Gasteiger partial charge in [0.25, 0.3) is 0 Å². The summed E-state index contributed by atoms with van der Waals surface area (Å²) >= 11 is 3.61. The summed E-state index contributed by atoms with van der Waals surface area (Å²) in [7, 11) is 0. The van der Waals surface area contributed by atoms with Crippen LogP contribution in [0.15, 0.2) is 63.9 Å². The highest BCUT2D eigenvalue weighted by Gasteiger charge is 2.12. The van der Waals surface area contributed by atoms with Crippen LogP contribution in [0.5, 0.6) is 11.5 Å². The zero-order valence-corrected chi connectivity index (χ0v) is 18.4. The maximum atomic E-state index is 13.1. The molecule has 0 amide bonds. The highest BCUT2D eigenvalue weighted by atomic mass is 79.9.